The Morgan fingerprint density at radius 1 is 1.10 bits per heavy atom. The van der Waals surface area contributed by atoms with Gasteiger partial charge in [-0.05, 0) is 36.4 Å². The summed E-state index contributed by atoms with van der Waals surface area (Å²) < 4.78 is 18.6. The van der Waals surface area contributed by atoms with E-state index >= 15 is 0 Å². The van der Waals surface area contributed by atoms with E-state index in [1.54, 1.807) is 12.1 Å². The van der Waals surface area contributed by atoms with E-state index < -0.39 is 0 Å². The van der Waals surface area contributed by atoms with Crippen molar-refractivity contribution in [2.24, 2.45) is 4.99 Å². The maximum absolute atomic E-state index is 12.9. The second kappa shape index (κ2) is 5.61. The quantitative estimate of drug-likeness (QED) is 0.902. The molecule has 0 atom stereocenters. The van der Waals surface area contributed by atoms with Gasteiger partial charge in [0.05, 0.1) is 12.2 Å². The van der Waals surface area contributed by atoms with Gasteiger partial charge in [-0.1, -0.05) is 12.1 Å². The van der Waals surface area contributed by atoms with Crippen molar-refractivity contribution in [3.63, 3.8) is 0 Å². The molecule has 20 heavy (non-hydrogen) atoms. The number of anilines is 1. The number of guanidine groups is 1. The van der Waals surface area contributed by atoms with E-state index in [1.165, 1.54) is 12.1 Å². The molecule has 0 saturated heterocycles. The molecule has 0 unspecified atom stereocenters. The van der Waals surface area contributed by atoms with Gasteiger partial charge in [0.25, 0.3) is 0 Å². The summed E-state index contributed by atoms with van der Waals surface area (Å²) in [6.07, 6.45) is 0. The zero-order valence-electron chi connectivity index (χ0n) is 10.8. The maximum Gasteiger partial charge on any atom is 0.196 e. The van der Waals surface area contributed by atoms with E-state index in [0.29, 0.717) is 11.5 Å². The molecule has 0 radical (unpaired) electrons. The number of halogens is 1. The predicted octanol–water partition coefficient (Wildman–Crippen LogP) is 2.99. The summed E-state index contributed by atoms with van der Waals surface area (Å²) in [6, 6.07) is 13.5. The smallest absolute Gasteiger partial charge is 0.196 e. The second-order valence-corrected chi connectivity index (χ2v) is 4.33. The summed E-state index contributed by atoms with van der Waals surface area (Å²) in [4.78, 5) is 4.28. The number of rotatable bonds is 3. The summed E-state index contributed by atoms with van der Waals surface area (Å²) in [5.41, 5.74) is 0.810. The fourth-order valence-electron chi connectivity index (χ4n) is 1.90. The highest BCUT2D eigenvalue weighted by atomic mass is 19.1. The van der Waals surface area contributed by atoms with Crippen molar-refractivity contribution in [1.29, 1.82) is 0 Å². The van der Waals surface area contributed by atoms with Crippen LogP contribution in [-0.2, 0) is 0 Å². The van der Waals surface area contributed by atoms with Crippen molar-refractivity contribution >= 4 is 11.6 Å². The molecule has 0 aromatic heterocycles. The normalized spacial score (nSPS) is 13.6. The first kappa shape index (κ1) is 12.5. The molecule has 2 aromatic rings. The molecule has 2 aromatic carbocycles. The SMILES string of the molecule is Fc1ccc(Oc2ccccc2NC2=NCCN2)cc1. The fraction of sp³-hybridized carbons (Fsp3) is 0.133. The molecule has 1 aliphatic heterocycles. The van der Waals surface area contributed by atoms with Crippen LogP contribution in [0, 0.1) is 5.82 Å². The summed E-state index contributed by atoms with van der Waals surface area (Å²) in [5.74, 6) is 1.70. The Bertz CT molecular complexity index is 625. The minimum absolute atomic E-state index is 0.284. The van der Waals surface area contributed by atoms with Crippen LogP contribution in [-0.4, -0.2) is 19.0 Å². The third-order valence-electron chi connectivity index (χ3n) is 2.86. The lowest BCUT2D eigenvalue weighted by atomic mass is 10.3. The van der Waals surface area contributed by atoms with Crippen LogP contribution in [0.2, 0.25) is 0 Å². The van der Waals surface area contributed by atoms with Crippen molar-refractivity contribution in [2.75, 3.05) is 18.4 Å². The Kier molecular flexibility index (Phi) is 3.50. The molecule has 3 rings (SSSR count). The molecule has 2 N–H and O–H groups in total. The lowest BCUT2D eigenvalue weighted by molar-refractivity contribution is 0.483. The topological polar surface area (TPSA) is 45.6 Å². The van der Waals surface area contributed by atoms with Crippen LogP contribution in [0.1, 0.15) is 0 Å². The third-order valence-corrected chi connectivity index (χ3v) is 2.86. The number of aliphatic imine (C=N–C) groups is 1. The molecule has 0 spiro atoms. The number of hydrogen-bond donors (Lipinski definition) is 2. The molecule has 1 aliphatic rings. The summed E-state index contributed by atoms with van der Waals surface area (Å²) in [6.45, 7) is 1.60. The number of para-hydroxylation sites is 2. The lowest BCUT2D eigenvalue weighted by Crippen LogP contribution is -2.26. The molecule has 0 bridgehead atoms. The summed E-state index contributed by atoms with van der Waals surface area (Å²) in [5, 5.41) is 6.32. The van der Waals surface area contributed by atoms with Gasteiger partial charge in [-0.2, -0.15) is 0 Å². The number of nitrogens with zero attached hydrogens (tertiary/aromatic N) is 1. The van der Waals surface area contributed by atoms with Crippen LogP contribution < -0.4 is 15.4 Å². The van der Waals surface area contributed by atoms with Gasteiger partial charge in [-0.15, -0.1) is 0 Å². The Morgan fingerprint density at radius 2 is 1.90 bits per heavy atom. The van der Waals surface area contributed by atoms with Crippen LogP contribution in [0.3, 0.4) is 0 Å². The van der Waals surface area contributed by atoms with E-state index in [1.807, 2.05) is 24.3 Å². The van der Waals surface area contributed by atoms with Gasteiger partial charge < -0.3 is 15.4 Å². The van der Waals surface area contributed by atoms with Crippen LogP contribution in [0.5, 0.6) is 11.5 Å². The van der Waals surface area contributed by atoms with Crippen LogP contribution in [0.4, 0.5) is 10.1 Å². The van der Waals surface area contributed by atoms with E-state index in [4.69, 9.17) is 4.74 Å². The molecular formula is C15H14FN3O. The molecule has 5 heteroatoms. The van der Waals surface area contributed by atoms with E-state index in [2.05, 4.69) is 15.6 Å². The average Bonchev–Trinajstić information content (AvgIpc) is 2.96. The molecule has 0 aliphatic carbocycles. The van der Waals surface area contributed by atoms with Crippen molar-refractivity contribution in [3.05, 3.63) is 54.3 Å². The first-order valence-corrected chi connectivity index (χ1v) is 6.39. The van der Waals surface area contributed by atoms with Gasteiger partial charge in [0.15, 0.2) is 11.7 Å². The van der Waals surface area contributed by atoms with Crippen molar-refractivity contribution in [1.82, 2.24) is 5.32 Å². The van der Waals surface area contributed by atoms with Crippen molar-refractivity contribution < 1.29 is 9.13 Å². The largest absolute Gasteiger partial charge is 0.455 e. The Balaban J connectivity index is 1.80. The zero-order valence-corrected chi connectivity index (χ0v) is 10.8. The van der Waals surface area contributed by atoms with E-state index in [0.717, 1.165) is 24.7 Å². The van der Waals surface area contributed by atoms with Crippen molar-refractivity contribution in [3.8, 4) is 11.5 Å². The third kappa shape index (κ3) is 2.88. The molecular weight excluding hydrogens is 257 g/mol. The minimum Gasteiger partial charge on any atom is -0.455 e. The van der Waals surface area contributed by atoms with Gasteiger partial charge in [-0.25, -0.2) is 4.39 Å². The first-order valence-electron chi connectivity index (χ1n) is 6.39. The molecule has 102 valence electrons. The number of benzene rings is 2. The van der Waals surface area contributed by atoms with Gasteiger partial charge in [0, 0.05) is 6.54 Å². The van der Waals surface area contributed by atoms with Gasteiger partial charge in [0.1, 0.15) is 11.6 Å². The number of ether oxygens (including phenoxy) is 1. The number of nitrogens with one attached hydrogen (secondary N) is 2. The number of hydrogen-bond acceptors (Lipinski definition) is 4. The summed E-state index contributed by atoms with van der Waals surface area (Å²) in [7, 11) is 0. The monoisotopic (exact) mass is 271 g/mol. The molecule has 0 fully saturated rings. The zero-order chi connectivity index (χ0) is 13.8. The highest BCUT2D eigenvalue weighted by Gasteiger charge is 2.09. The van der Waals surface area contributed by atoms with Gasteiger partial charge >= 0.3 is 0 Å². The molecule has 1 heterocycles. The van der Waals surface area contributed by atoms with E-state index in [9.17, 15) is 4.39 Å². The summed E-state index contributed by atoms with van der Waals surface area (Å²) >= 11 is 0. The maximum atomic E-state index is 12.9. The Morgan fingerprint density at radius 3 is 2.65 bits per heavy atom. The fourth-order valence-corrected chi connectivity index (χ4v) is 1.90. The lowest BCUT2D eigenvalue weighted by Gasteiger charge is -2.13. The minimum atomic E-state index is -0.284. The van der Waals surface area contributed by atoms with E-state index in [-0.39, 0.29) is 5.82 Å². The predicted molar refractivity (Wildman–Crippen MR) is 76.8 cm³/mol. The standard InChI is InChI=1S/C15H14FN3O/c16-11-5-7-12(8-6-11)20-14-4-2-1-3-13(14)19-15-17-9-10-18-15/h1-8H,9-10H2,(H2,17,18,19). The first-order chi connectivity index (χ1) is 9.81. The van der Waals surface area contributed by atoms with Crippen LogP contribution in [0.25, 0.3) is 0 Å². The Labute approximate surface area is 116 Å². The molecule has 0 amide bonds. The van der Waals surface area contributed by atoms with Crippen molar-refractivity contribution in [2.45, 2.75) is 0 Å². The van der Waals surface area contributed by atoms with Crippen LogP contribution >= 0.6 is 0 Å². The van der Waals surface area contributed by atoms with Gasteiger partial charge in [0.2, 0.25) is 0 Å². The average molecular weight is 271 g/mol. The second-order valence-electron chi connectivity index (χ2n) is 4.33. The Hall–Kier alpha value is -2.56. The molecule has 0 saturated carbocycles. The van der Waals surface area contributed by atoms with Gasteiger partial charge in [-0.3, -0.25) is 4.99 Å². The van der Waals surface area contributed by atoms with Crippen LogP contribution in [0.15, 0.2) is 53.5 Å². The highest BCUT2D eigenvalue weighted by Crippen LogP contribution is 2.29. The molecule has 4 nitrogen and oxygen atoms in total. The highest BCUT2D eigenvalue weighted by molar-refractivity contribution is 5.95.